The minimum absolute atomic E-state index is 0. The third-order valence-corrected chi connectivity index (χ3v) is 3.38. The molecule has 1 saturated heterocycles. The van der Waals surface area contributed by atoms with Gasteiger partial charge in [-0.05, 0) is 31.1 Å². The Morgan fingerprint density at radius 2 is 2.00 bits per heavy atom. The molecule has 1 heterocycles. The number of carbonyl (C=O) groups excluding carboxylic acids is 2. The Hall–Kier alpha value is -1.59. The van der Waals surface area contributed by atoms with Crippen LogP contribution in [0, 0.1) is 11.8 Å². The maximum Gasteiger partial charge on any atom is 0.250 e. The zero-order chi connectivity index (χ0) is 13.1. The maximum absolute atomic E-state index is 12.0. The second-order valence-electron chi connectivity index (χ2n) is 4.61. The highest BCUT2D eigenvalue weighted by Crippen LogP contribution is 2.20. The lowest BCUT2D eigenvalue weighted by Crippen LogP contribution is -2.48. The van der Waals surface area contributed by atoms with E-state index >= 15 is 0 Å². The van der Waals surface area contributed by atoms with Crippen LogP contribution in [0.25, 0.3) is 0 Å². The van der Waals surface area contributed by atoms with E-state index in [1.807, 2.05) is 6.92 Å². The van der Waals surface area contributed by atoms with Crippen molar-refractivity contribution in [2.24, 2.45) is 17.6 Å². The number of hydrogen-bond donors (Lipinski definition) is 3. The molecule has 19 heavy (non-hydrogen) atoms. The fourth-order valence-electron chi connectivity index (χ4n) is 1.93. The molecule has 0 aromatic heterocycles. The van der Waals surface area contributed by atoms with Crippen molar-refractivity contribution in [2.75, 3.05) is 18.4 Å². The summed E-state index contributed by atoms with van der Waals surface area (Å²) in [6.45, 7) is 3.63. The lowest BCUT2D eigenvalue weighted by Gasteiger charge is -2.31. The molecule has 4 N–H and O–H groups in total. The molecular weight excluding hydrogens is 266 g/mol. The number of amides is 2. The fourth-order valence-corrected chi connectivity index (χ4v) is 1.93. The third-order valence-electron chi connectivity index (χ3n) is 3.38. The van der Waals surface area contributed by atoms with Gasteiger partial charge >= 0.3 is 0 Å². The maximum atomic E-state index is 12.0. The molecular formula is C13H18ClN3O2. The van der Waals surface area contributed by atoms with Gasteiger partial charge in [-0.2, -0.15) is 0 Å². The van der Waals surface area contributed by atoms with E-state index in [4.69, 9.17) is 5.73 Å². The Morgan fingerprint density at radius 3 is 2.53 bits per heavy atom. The average molecular weight is 284 g/mol. The van der Waals surface area contributed by atoms with Crippen LogP contribution in [0.1, 0.15) is 17.3 Å². The molecule has 1 aliphatic rings. The molecule has 1 atom stereocenters. The predicted molar refractivity (Wildman–Crippen MR) is 76.4 cm³/mol. The van der Waals surface area contributed by atoms with Crippen molar-refractivity contribution in [2.45, 2.75) is 6.92 Å². The topological polar surface area (TPSA) is 84.2 Å². The standard InChI is InChI=1S/C13H17N3O2.ClH/c1-8(9-6-15-7-9)13(18)16-11-5-3-2-4-10(11)12(14)17;/h2-5,8-9,15H,6-7H2,1H3,(H2,14,17)(H,16,18);1H. The minimum atomic E-state index is -0.538. The number of halogens is 1. The molecule has 2 amide bonds. The molecule has 1 unspecified atom stereocenters. The van der Waals surface area contributed by atoms with E-state index in [-0.39, 0.29) is 24.2 Å². The SMILES string of the molecule is CC(C(=O)Nc1ccccc1C(N)=O)C1CNC1.Cl. The van der Waals surface area contributed by atoms with Crippen LogP contribution in [0.3, 0.4) is 0 Å². The monoisotopic (exact) mass is 283 g/mol. The van der Waals surface area contributed by atoms with Crippen molar-refractivity contribution in [3.63, 3.8) is 0 Å². The molecule has 0 radical (unpaired) electrons. The van der Waals surface area contributed by atoms with Crippen molar-refractivity contribution >= 4 is 29.9 Å². The van der Waals surface area contributed by atoms with Gasteiger partial charge in [0.25, 0.3) is 5.91 Å². The quantitative estimate of drug-likeness (QED) is 0.771. The van der Waals surface area contributed by atoms with Crippen LogP contribution in [-0.2, 0) is 4.79 Å². The van der Waals surface area contributed by atoms with E-state index in [1.165, 1.54) is 0 Å². The Kier molecular flexibility index (Phi) is 5.32. The first-order valence-electron chi connectivity index (χ1n) is 6.00. The number of rotatable bonds is 4. The minimum Gasteiger partial charge on any atom is -0.366 e. The highest BCUT2D eigenvalue weighted by molar-refractivity contribution is 6.03. The highest BCUT2D eigenvalue weighted by atomic mass is 35.5. The molecule has 1 aliphatic heterocycles. The number of para-hydroxylation sites is 1. The van der Waals surface area contributed by atoms with Crippen molar-refractivity contribution in [3.05, 3.63) is 29.8 Å². The van der Waals surface area contributed by atoms with Crippen LogP contribution in [-0.4, -0.2) is 24.9 Å². The van der Waals surface area contributed by atoms with Gasteiger partial charge in [-0.15, -0.1) is 12.4 Å². The Bertz CT molecular complexity index is 475. The summed E-state index contributed by atoms with van der Waals surface area (Å²) >= 11 is 0. The Labute approximate surface area is 118 Å². The lowest BCUT2D eigenvalue weighted by atomic mass is 9.88. The van der Waals surface area contributed by atoms with Crippen LogP contribution in [0.15, 0.2) is 24.3 Å². The number of primary amides is 1. The molecule has 1 aromatic carbocycles. The van der Waals surface area contributed by atoms with Crippen molar-refractivity contribution < 1.29 is 9.59 Å². The molecule has 0 saturated carbocycles. The normalized spacial score (nSPS) is 15.8. The summed E-state index contributed by atoms with van der Waals surface area (Å²) in [5, 5.41) is 5.91. The number of hydrogen-bond acceptors (Lipinski definition) is 3. The highest BCUT2D eigenvalue weighted by Gasteiger charge is 2.29. The van der Waals surface area contributed by atoms with E-state index in [1.54, 1.807) is 24.3 Å². The van der Waals surface area contributed by atoms with E-state index in [2.05, 4.69) is 10.6 Å². The van der Waals surface area contributed by atoms with Gasteiger partial charge in [-0.1, -0.05) is 19.1 Å². The van der Waals surface area contributed by atoms with E-state index in [9.17, 15) is 9.59 Å². The summed E-state index contributed by atoms with van der Waals surface area (Å²) in [6, 6.07) is 6.77. The first-order valence-corrected chi connectivity index (χ1v) is 6.00. The van der Waals surface area contributed by atoms with Gasteiger partial charge in [0.05, 0.1) is 11.3 Å². The summed E-state index contributed by atoms with van der Waals surface area (Å²) in [5.74, 6) is -0.322. The molecule has 6 heteroatoms. The van der Waals surface area contributed by atoms with Gasteiger partial charge in [-0.25, -0.2) is 0 Å². The van der Waals surface area contributed by atoms with Crippen LogP contribution < -0.4 is 16.4 Å². The van der Waals surface area contributed by atoms with E-state index in [0.717, 1.165) is 13.1 Å². The molecule has 0 bridgehead atoms. The average Bonchev–Trinajstić information content (AvgIpc) is 2.27. The second-order valence-corrected chi connectivity index (χ2v) is 4.61. The number of anilines is 1. The van der Waals surface area contributed by atoms with Crippen LogP contribution in [0.4, 0.5) is 5.69 Å². The van der Waals surface area contributed by atoms with E-state index in [0.29, 0.717) is 17.2 Å². The molecule has 5 nitrogen and oxygen atoms in total. The van der Waals surface area contributed by atoms with Crippen molar-refractivity contribution in [3.8, 4) is 0 Å². The predicted octanol–water partition coefficient (Wildman–Crippen LogP) is 1.00. The first kappa shape index (κ1) is 15.5. The van der Waals surface area contributed by atoms with Gasteiger partial charge in [0.1, 0.15) is 0 Å². The van der Waals surface area contributed by atoms with E-state index < -0.39 is 5.91 Å². The lowest BCUT2D eigenvalue weighted by molar-refractivity contribution is -0.121. The molecule has 2 rings (SSSR count). The largest absolute Gasteiger partial charge is 0.366 e. The summed E-state index contributed by atoms with van der Waals surface area (Å²) < 4.78 is 0. The van der Waals surface area contributed by atoms with Gasteiger partial charge < -0.3 is 16.4 Å². The zero-order valence-corrected chi connectivity index (χ0v) is 11.5. The van der Waals surface area contributed by atoms with Gasteiger partial charge in [0, 0.05) is 5.92 Å². The Balaban J connectivity index is 0.00000180. The second kappa shape index (κ2) is 6.54. The van der Waals surface area contributed by atoms with Crippen LogP contribution in [0.2, 0.25) is 0 Å². The number of nitrogens with one attached hydrogen (secondary N) is 2. The fraction of sp³-hybridized carbons (Fsp3) is 0.385. The Morgan fingerprint density at radius 1 is 1.37 bits per heavy atom. The van der Waals surface area contributed by atoms with Crippen molar-refractivity contribution in [1.29, 1.82) is 0 Å². The summed E-state index contributed by atoms with van der Waals surface area (Å²) in [4.78, 5) is 23.3. The molecule has 0 aliphatic carbocycles. The molecule has 0 spiro atoms. The van der Waals surface area contributed by atoms with Gasteiger partial charge in [0.2, 0.25) is 5.91 Å². The molecule has 1 aromatic rings. The van der Waals surface area contributed by atoms with Gasteiger partial charge in [0.15, 0.2) is 0 Å². The van der Waals surface area contributed by atoms with Gasteiger partial charge in [-0.3, -0.25) is 9.59 Å². The smallest absolute Gasteiger partial charge is 0.250 e. The zero-order valence-electron chi connectivity index (χ0n) is 10.7. The summed E-state index contributed by atoms with van der Waals surface area (Å²) in [5.41, 5.74) is 6.08. The van der Waals surface area contributed by atoms with Crippen molar-refractivity contribution in [1.82, 2.24) is 5.32 Å². The number of carbonyl (C=O) groups is 2. The summed E-state index contributed by atoms with van der Waals surface area (Å²) in [6.07, 6.45) is 0. The third kappa shape index (κ3) is 3.45. The van der Waals surface area contributed by atoms with Crippen LogP contribution >= 0.6 is 12.4 Å². The molecule has 104 valence electrons. The number of nitrogens with two attached hydrogens (primary N) is 1. The molecule has 1 fully saturated rings. The van der Waals surface area contributed by atoms with Crippen LogP contribution in [0.5, 0.6) is 0 Å². The number of benzene rings is 1. The first-order chi connectivity index (χ1) is 8.59. The summed E-state index contributed by atoms with van der Waals surface area (Å²) in [7, 11) is 0.